The fourth-order valence-electron chi connectivity index (χ4n) is 1.79. The molecule has 0 saturated carbocycles. The van der Waals surface area contributed by atoms with Crippen molar-refractivity contribution in [1.82, 2.24) is 20.5 Å². The van der Waals surface area contributed by atoms with E-state index < -0.39 is 22.7 Å². The Labute approximate surface area is 118 Å². The zero-order chi connectivity index (χ0) is 15.6. The summed E-state index contributed by atoms with van der Waals surface area (Å²) in [6.45, 7) is 2.99. The normalized spacial score (nSPS) is 12.0. The predicted molar refractivity (Wildman–Crippen MR) is 70.1 cm³/mol. The van der Waals surface area contributed by atoms with Crippen molar-refractivity contribution in [3.8, 4) is 0 Å². The molecule has 9 heteroatoms. The molecule has 0 aliphatic carbocycles. The van der Waals surface area contributed by atoms with Crippen LogP contribution in [0, 0.1) is 22.9 Å². The van der Waals surface area contributed by atoms with E-state index in [1.165, 1.54) is 13.3 Å². The molecule has 0 spiro atoms. The van der Waals surface area contributed by atoms with Crippen molar-refractivity contribution < 1.29 is 14.1 Å². The molecule has 2 aromatic rings. The number of nitro benzene ring substituents is 1. The maximum Gasteiger partial charge on any atom is 0.270 e. The first-order valence-corrected chi connectivity index (χ1v) is 6.00. The van der Waals surface area contributed by atoms with Gasteiger partial charge in [-0.2, -0.15) is 5.10 Å². The fraction of sp³-hybridized carbons (Fsp3) is 0.250. The smallest absolute Gasteiger partial charge is 0.270 e. The first-order chi connectivity index (χ1) is 9.90. The Kier molecular flexibility index (Phi) is 3.92. The number of amides is 1. The summed E-state index contributed by atoms with van der Waals surface area (Å²) in [4.78, 5) is 26.0. The van der Waals surface area contributed by atoms with E-state index in [9.17, 15) is 19.3 Å². The van der Waals surface area contributed by atoms with Crippen molar-refractivity contribution in [2.45, 2.75) is 19.9 Å². The van der Waals surface area contributed by atoms with Crippen molar-refractivity contribution >= 4 is 11.6 Å². The van der Waals surface area contributed by atoms with Gasteiger partial charge in [0.25, 0.3) is 11.6 Å². The number of hydrogen-bond donors (Lipinski definition) is 2. The molecule has 1 atom stereocenters. The Morgan fingerprint density at radius 2 is 2.24 bits per heavy atom. The molecule has 0 aliphatic heterocycles. The second-order valence-corrected chi connectivity index (χ2v) is 4.45. The number of H-pyrrole nitrogens is 1. The summed E-state index contributed by atoms with van der Waals surface area (Å²) in [6, 6.07) is 1.44. The van der Waals surface area contributed by atoms with E-state index in [2.05, 4.69) is 20.5 Å². The molecule has 0 fully saturated rings. The fourth-order valence-corrected chi connectivity index (χ4v) is 1.79. The third kappa shape index (κ3) is 3.02. The van der Waals surface area contributed by atoms with Gasteiger partial charge in [-0.25, -0.2) is 9.37 Å². The highest BCUT2D eigenvalue weighted by atomic mass is 19.1. The number of rotatable bonds is 4. The van der Waals surface area contributed by atoms with Crippen molar-refractivity contribution in [3.63, 3.8) is 0 Å². The molecule has 1 aromatic carbocycles. The highest BCUT2D eigenvalue weighted by Gasteiger charge is 2.21. The molecular weight excluding hydrogens is 281 g/mol. The molecule has 0 radical (unpaired) electrons. The number of hydrogen-bond acceptors (Lipinski definition) is 5. The lowest BCUT2D eigenvalue weighted by atomic mass is 10.1. The topological polar surface area (TPSA) is 114 Å². The van der Waals surface area contributed by atoms with E-state index in [1.807, 2.05) is 0 Å². The number of aromatic nitrogens is 3. The van der Waals surface area contributed by atoms with Gasteiger partial charge in [-0.1, -0.05) is 0 Å². The third-order valence-electron chi connectivity index (χ3n) is 2.89. The van der Waals surface area contributed by atoms with E-state index in [-0.39, 0.29) is 16.8 Å². The summed E-state index contributed by atoms with van der Waals surface area (Å²) in [5, 5.41) is 19.5. The van der Waals surface area contributed by atoms with Crippen LogP contribution in [0.1, 0.15) is 34.7 Å². The van der Waals surface area contributed by atoms with Gasteiger partial charge in [0.05, 0.1) is 16.5 Å². The lowest BCUT2D eigenvalue weighted by molar-refractivity contribution is -0.385. The number of nitro groups is 1. The molecule has 0 saturated heterocycles. The van der Waals surface area contributed by atoms with Crippen molar-refractivity contribution in [2.75, 3.05) is 0 Å². The van der Waals surface area contributed by atoms with E-state index in [1.54, 1.807) is 6.92 Å². The van der Waals surface area contributed by atoms with Crippen LogP contribution < -0.4 is 5.32 Å². The molecule has 21 heavy (non-hydrogen) atoms. The summed E-state index contributed by atoms with van der Waals surface area (Å²) >= 11 is 0. The number of aryl methyl sites for hydroxylation is 1. The molecule has 2 rings (SSSR count). The molecule has 0 aliphatic rings. The highest BCUT2D eigenvalue weighted by molar-refractivity contribution is 5.95. The molecule has 1 amide bonds. The number of nitrogens with zero attached hydrogens (tertiary/aromatic N) is 3. The highest BCUT2D eigenvalue weighted by Crippen LogP contribution is 2.21. The molecule has 2 N–H and O–H groups in total. The van der Waals surface area contributed by atoms with Crippen LogP contribution >= 0.6 is 0 Å². The van der Waals surface area contributed by atoms with E-state index in [0.29, 0.717) is 5.82 Å². The Balaban J connectivity index is 2.28. The monoisotopic (exact) mass is 293 g/mol. The van der Waals surface area contributed by atoms with Gasteiger partial charge in [-0.15, -0.1) is 0 Å². The molecule has 1 aromatic heterocycles. The van der Waals surface area contributed by atoms with E-state index >= 15 is 0 Å². The SMILES string of the molecule is Cc1cc([N+](=O)[O-])cc(C(=O)NC(C)c2ncn[nH]2)c1F. The van der Waals surface area contributed by atoms with Crippen LogP contribution in [0.3, 0.4) is 0 Å². The van der Waals surface area contributed by atoms with Crippen LogP contribution in [-0.2, 0) is 0 Å². The lowest BCUT2D eigenvalue weighted by Crippen LogP contribution is -2.28. The van der Waals surface area contributed by atoms with Crippen molar-refractivity contribution in [2.24, 2.45) is 0 Å². The minimum Gasteiger partial charge on any atom is -0.342 e. The average molecular weight is 293 g/mol. The number of carbonyl (C=O) groups excluding carboxylic acids is 1. The molecule has 1 unspecified atom stereocenters. The molecule has 8 nitrogen and oxygen atoms in total. The van der Waals surface area contributed by atoms with Crippen LogP contribution in [-0.4, -0.2) is 26.0 Å². The van der Waals surface area contributed by atoms with Gasteiger partial charge in [0, 0.05) is 12.1 Å². The second kappa shape index (κ2) is 5.65. The van der Waals surface area contributed by atoms with Crippen LogP contribution in [0.4, 0.5) is 10.1 Å². The number of aromatic amines is 1. The van der Waals surface area contributed by atoms with Crippen LogP contribution in [0.5, 0.6) is 0 Å². The van der Waals surface area contributed by atoms with Gasteiger partial charge in [0.1, 0.15) is 18.0 Å². The summed E-state index contributed by atoms with van der Waals surface area (Å²) < 4.78 is 14.0. The lowest BCUT2D eigenvalue weighted by Gasteiger charge is -2.12. The first kappa shape index (κ1) is 14.6. The largest absolute Gasteiger partial charge is 0.342 e. The first-order valence-electron chi connectivity index (χ1n) is 6.00. The average Bonchev–Trinajstić information content (AvgIpc) is 2.95. The second-order valence-electron chi connectivity index (χ2n) is 4.45. The zero-order valence-corrected chi connectivity index (χ0v) is 11.3. The Bertz CT molecular complexity index is 686. The number of nitrogens with one attached hydrogen (secondary N) is 2. The predicted octanol–water partition coefficient (Wildman–Crippen LogP) is 1.65. The number of carbonyl (C=O) groups is 1. The Hall–Kier alpha value is -2.84. The minimum absolute atomic E-state index is 0.0293. The maximum absolute atomic E-state index is 14.0. The Morgan fingerprint density at radius 3 is 2.81 bits per heavy atom. The summed E-state index contributed by atoms with van der Waals surface area (Å²) in [7, 11) is 0. The minimum atomic E-state index is -0.789. The van der Waals surface area contributed by atoms with Crippen LogP contribution in [0.25, 0.3) is 0 Å². The Morgan fingerprint density at radius 1 is 1.52 bits per heavy atom. The summed E-state index contributed by atoms with van der Waals surface area (Å²) in [6.07, 6.45) is 1.27. The van der Waals surface area contributed by atoms with E-state index in [0.717, 1.165) is 12.1 Å². The quantitative estimate of drug-likeness (QED) is 0.657. The van der Waals surface area contributed by atoms with Gasteiger partial charge in [-0.05, 0) is 19.4 Å². The van der Waals surface area contributed by atoms with Gasteiger partial charge in [0.2, 0.25) is 0 Å². The molecular formula is C12H12FN5O3. The van der Waals surface area contributed by atoms with Gasteiger partial charge >= 0.3 is 0 Å². The standard InChI is InChI=1S/C12H12FN5O3/c1-6-3-8(18(20)21)4-9(10(6)13)12(19)16-7(2)11-14-5-15-17-11/h3-5,7H,1-2H3,(H,16,19)(H,14,15,17). The molecule has 0 bridgehead atoms. The van der Waals surface area contributed by atoms with Gasteiger partial charge in [0.15, 0.2) is 0 Å². The number of non-ortho nitro benzene ring substituents is 1. The maximum atomic E-state index is 14.0. The molecule has 1 heterocycles. The van der Waals surface area contributed by atoms with Crippen molar-refractivity contribution in [3.05, 3.63) is 51.3 Å². The van der Waals surface area contributed by atoms with Crippen molar-refractivity contribution in [1.29, 1.82) is 0 Å². The summed E-state index contributed by atoms with van der Waals surface area (Å²) in [5.74, 6) is -1.16. The van der Waals surface area contributed by atoms with Crippen LogP contribution in [0.2, 0.25) is 0 Å². The number of benzene rings is 1. The number of halogens is 1. The van der Waals surface area contributed by atoms with Gasteiger partial charge in [-0.3, -0.25) is 20.0 Å². The molecule has 110 valence electrons. The van der Waals surface area contributed by atoms with E-state index in [4.69, 9.17) is 0 Å². The summed E-state index contributed by atoms with van der Waals surface area (Å²) in [5.41, 5.74) is -0.693. The van der Waals surface area contributed by atoms with Gasteiger partial charge < -0.3 is 5.32 Å². The third-order valence-corrected chi connectivity index (χ3v) is 2.89. The van der Waals surface area contributed by atoms with Crippen LogP contribution in [0.15, 0.2) is 18.5 Å². The zero-order valence-electron chi connectivity index (χ0n) is 11.3.